The van der Waals surface area contributed by atoms with E-state index in [-0.39, 0.29) is 0 Å². The fraction of sp³-hybridized carbons (Fsp3) is 0.167. The molecule has 1 heterocycles. The number of fused-ring (bicyclic) bond motifs is 1. The molecule has 2 nitrogen and oxygen atoms in total. The summed E-state index contributed by atoms with van der Waals surface area (Å²) in [4.78, 5) is 4.84. The largest absolute Gasteiger partial charge is 0.367 e. The van der Waals surface area contributed by atoms with Crippen LogP contribution < -0.4 is 5.32 Å². The third-order valence-corrected chi connectivity index (χ3v) is 4.45. The van der Waals surface area contributed by atoms with Gasteiger partial charge in [-0.15, -0.1) is 0 Å². The van der Waals surface area contributed by atoms with E-state index in [1.807, 2.05) is 36.4 Å². The van der Waals surface area contributed by atoms with Crippen molar-refractivity contribution in [2.45, 2.75) is 19.9 Å². The summed E-state index contributed by atoms with van der Waals surface area (Å²) in [6.45, 7) is 4.22. The van der Waals surface area contributed by atoms with Gasteiger partial charge < -0.3 is 5.32 Å². The average molecular weight is 376 g/mol. The summed E-state index contributed by atoms with van der Waals surface area (Å²) in [5.41, 5.74) is 1.95. The molecule has 0 aliphatic heterocycles. The van der Waals surface area contributed by atoms with Gasteiger partial charge in [-0.2, -0.15) is 0 Å². The Bertz CT molecular complexity index is 813. The van der Waals surface area contributed by atoms with Crippen LogP contribution in [0.2, 0.25) is 5.02 Å². The van der Waals surface area contributed by atoms with Crippen LogP contribution in [0.25, 0.3) is 22.0 Å². The first kappa shape index (κ1) is 15.3. The molecule has 1 N–H and O–H groups in total. The minimum atomic E-state index is 0.315. The second-order valence-electron chi connectivity index (χ2n) is 5.47. The maximum absolute atomic E-state index is 5.99. The van der Waals surface area contributed by atoms with Crippen LogP contribution in [0.5, 0.6) is 0 Å². The van der Waals surface area contributed by atoms with Gasteiger partial charge in [0.25, 0.3) is 0 Å². The van der Waals surface area contributed by atoms with Gasteiger partial charge in [-0.1, -0.05) is 48.0 Å². The number of benzene rings is 2. The van der Waals surface area contributed by atoms with E-state index >= 15 is 0 Å². The van der Waals surface area contributed by atoms with Crippen molar-refractivity contribution in [1.82, 2.24) is 4.98 Å². The lowest BCUT2D eigenvalue weighted by molar-refractivity contribution is 0.892. The molecule has 0 saturated carbocycles. The molecule has 0 saturated heterocycles. The molecule has 0 unspecified atom stereocenters. The van der Waals surface area contributed by atoms with Crippen LogP contribution in [0, 0.1) is 0 Å². The van der Waals surface area contributed by atoms with Crippen LogP contribution in [-0.2, 0) is 0 Å². The van der Waals surface area contributed by atoms with E-state index in [9.17, 15) is 0 Å². The van der Waals surface area contributed by atoms with Gasteiger partial charge in [0, 0.05) is 27.4 Å². The smallest absolute Gasteiger partial charge is 0.134 e. The number of pyridine rings is 1. The molecule has 0 aliphatic rings. The molecule has 0 atom stereocenters. The van der Waals surface area contributed by atoms with E-state index in [2.05, 4.69) is 47.2 Å². The zero-order valence-corrected chi connectivity index (χ0v) is 14.7. The van der Waals surface area contributed by atoms with E-state index in [1.54, 1.807) is 0 Å². The van der Waals surface area contributed by atoms with Crippen molar-refractivity contribution in [2.75, 3.05) is 5.32 Å². The third-order valence-electron chi connectivity index (χ3n) is 3.39. The maximum Gasteiger partial charge on any atom is 0.134 e. The summed E-state index contributed by atoms with van der Waals surface area (Å²) >= 11 is 9.70. The Morgan fingerprint density at radius 2 is 1.64 bits per heavy atom. The summed E-state index contributed by atoms with van der Waals surface area (Å²) in [7, 11) is 0. The quantitative estimate of drug-likeness (QED) is 0.595. The standard InChI is InChI=1S/C18H16BrClN2/c1-11(2)21-18-15-6-4-3-5-14(15)16(19)17(22-18)12-7-9-13(20)10-8-12/h3-11H,1-2H3,(H,21,22). The predicted octanol–water partition coefficient (Wildman–Crippen LogP) is 6.14. The molecule has 1 aromatic heterocycles. The Hall–Kier alpha value is -1.58. The Kier molecular flexibility index (Phi) is 4.37. The van der Waals surface area contributed by atoms with E-state index in [1.165, 1.54) is 0 Å². The number of rotatable bonds is 3. The number of hydrogen-bond donors (Lipinski definition) is 1. The van der Waals surface area contributed by atoms with Crippen molar-refractivity contribution < 1.29 is 0 Å². The summed E-state index contributed by atoms with van der Waals surface area (Å²) in [6.07, 6.45) is 0. The Morgan fingerprint density at radius 1 is 1.00 bits per heavy atom. The fourth-order valence-corrected chi connectivity index (χ4v) is 3.20. The van der Waals surface area contributed by atoms with Gasteiger partial charge in [0.2, 0.25) is 0 Å². The molecule has 0 spiro atoms. The van der Waals surface area contributed by atoms with Crippen LogP contribution in [0.3, 0.4) is 0 Å². The van der Waals surface area contributed by atoms with E-state index in [0.29, 0.717) is 6.04 Å². The summed E-state index contributed by atoms with van der Waals surface area (Å²) in [6, 6.07) is 16.3. The van der Waals surface area contributed by atoms with Crippen LogP contribution in [0.1, 0.15) is 13.8 Å². The topological polar surface area (TPSA) is 24.9 Å². The highest BCUT2D eigenvalue weighted by Crippen LogP contribution is 2.36. The van der Waals surface area contributed by atoms with E-state index < -0.39 is 0 Å². The molecular formula is C18H16BrClN2. The van der Waals surface area contributed by atoms with E-state index in [0.717, 1.165) is 37.3 Å². The Morgan fingerprint density at radius 3 is 2.27 bits per heavy atom. The first-order chi connectivity index (χ1) is 10.6. The fourth-order valence-electron chi connectivity index (χ4n) is 2.41. The predicted molar refractivity (Wildman–Crippen MR) is 98.6 cm³/mol. The highest BCUT2D eigenvalue weighted by atomic mass is 79.9. The molecule has 0 fully saturated rings. The van der Waals surface area contributed by atoms with Crippen LogP contribution in [0.15, 0.2) is 53.0 Å². The number of nitrogens with zero attached hydrogens (tertiary/aromatic N) is 1. The zero-order valence-electron chi connectivity index (χ0n) is 12.4. The highest BCUT2D eigenvalue weighted by Gasteiger charge is 2.14. The summed E-state index contributed by atoms with van der Waals surface area (Å²) < 4.78 is 1.000. The van der Waals surface area contributed by atoms with Gasteiger partial charge in [-0.25, -0.2) is 4.98 Å². The minimum Gasteiger partial charge on any atom is -0.367 e. The molecule has 0 amide bonds. The van der Waals surface area contributed by atoms with Crippen molar-refractivity contribution in [3.05, 3.63) is 58.0 Å². The molecule has 0 radical (unpaired) electrons. The van der Waals surface area contributed by atoms with Crippen molar-refractivity contribution in [1.29, 1.82) is 0 Å². The summed E-state index contributed by atoms with van der Waals surface area (Å²) in [5, 5.41) is 6.42. The van der Waals surface area contributed by atoms with Crippen molar-refractivity contribution >= 4 is 44.1 Å². The molecule has 3 aromatic rings. The van der Waals surface area contributed by atoms with Crippen molar-refractivity contribution in [3.63, 3.8) is 0 Å². The number of nitrogens with one attached hydrogen (secondary N) is 1. The normalized spacial score (nSPS) is 11.1. The van der Waals surface area contributed by atoms with Crippen LogP contribution >= 0.6 is 27.5 Å². The first-order valence-corrected chi connectivity index (χ1v) is 8.34. The second kappa shape index (κ2) is 6.27. The Labute approximate surface area is 143 Å². The average Bonchev–Trinajstić information content (AvgIpc) is 2.51. The lowest BCUT2D eigenvalue weighted by Crippen LogP contribution is -2.12. The molecule has 0 bridgehead atoms. The summed E-state index contributed by atoms with van der Waals surface area (Å²) in [5.74, 6) is 0.902. The van der Waals surface area contributed by atoms with Gasteiger partial charge in [0.15, 0.2) is 0 Å². The molecule has 22 heavy (non-hydrogen) atoms. The highest BCUT2D eigenvalue weighted by molar-refractivity contribution is 9.10. The molecule has 112 valence electrons. The number of anilines is 1. The van der Waals surface area contributed by atoms with Gasteiger partial charge in [-0.05, 0) is 41.9 Å². The molecule has 2 aromatic carbocycles. The second-order valence-corrected chi connectivity index (χ2v) is 6.70. The lowest BCUT2D eigenvalue weighted by atomic mass is 10.1. The number of aromatic nitrogens is 1. The van der Waals surface area contributed by atoms with E-state index in [4.69, 9.17) is 16.6 Å². The van der Waals surface area contributed by atoms with Gasteiger partial charge in [-0.3, -0.25) is 0 Å². The lowest BCUT2D eigenvalue weighted by Gasteiger charge is -2.16. The van der Waals surface area contributed by atoms with Gasteiger partial charge >= 0.3 is 0 Å². The monoisotopic (exact) mass is 374 g/mol. The third kappa shape index (κ3) is 2.96. The van der Waals surface area contributed by atoms with Crippen molar-refractivity contribution in [2.24, 2.45) is 0 Å². The molecule has 4 heteroatoms. The van der Waals surface area contributed by atoms with Gasteiger partial charge in [0.05, 0.1) is 10.2 Å². The Balaban J connectivity index is 2.26. The molecule has 3 rings (SSSR count). The van der Waals surface area contributed by atoms with Crippen LogP contribution in [0.4, 0.5) is 5.82 Å². The maximum atomic E-state index is 5.99. The van der Waals surface area contributed by atoms with Gasteiger partial charge in [0.1, 0.15) is 5.82 Å². The number of hydrogen-bond acceptors (Lipinski definition) is 2. The minimum absolute atomic E-state index is 0.315. The molecular weight excluding hydrogens is 360 g/mol. The first-order valence-electron chi connectivity index (χ1n) is 7.17. The van der Waals surface area contributed by atoms with Crippen LogP contribution in [-0.4, -0.2) is 11.0 Å². The molecule has 0 aliphatic carbocycles. The number of halogens is 2. The zero-order chi connectivity index (χ0) is 15.7. The van der Waals surface area contributed by atoms with Crippen molar-refractivity contribution in [3.8, 4) is 11.3 Å². The SMILES string of the molecule is CC(C)Nc1nc(-c2ccc(Cl)cc2)c(Br)c2ccccc12.